The molecule has 0 spiro atoms. The van der Waals surface area contributed by atoms with Gasteiger partial charge in [0.25, 0.3) is 5.91 Å². The van der Waals surface area contributed by atoms with Crippen LogP contribution in [-0.4, -0.2) is 19.1 Å². The first-order valence-electron chi connectivity index (χ1n) is 7.77. The zero-order chi connectivity index (χ0) is 18.4. The smallest absolute Gasteiger partial charge is 0.255 e. The number of primary amides is 1. The fraction of sp³-hybridized carbons (Fsp3) is 0.278. The number of ether oxygens (including phenoxy) is 2. The highest BCUT2D eigenvalue weighted by molar-refractivity contribution is 14.1. The molecule has 0 bridgehead atoms. The molecule has 134 valence electrons. The van der Waals surface area contributed by atoms with E-state index in [9.17, 15) is 4.79 Å². The SMILES string of the molecule is CCOc1cc(CNc2ccc(Br)cc2C)cc(I)c1OCC(N)=O. The molecule has 2 rings (SSSR count). The molecule has 0 aromatic heterocycles. The van der Waals surface area contributed by atoms with Crippen LogP contribution in [-0.2, 0) is 11.3 Å². The largest absolute Gasteiger partial charge is 0.490 e. The van der Waals surface area contributed by atoms with Gasteiger partial charge < -0.3 is 20.5 Å². The number of nitrogens with two attached hydrogens (primary N) is 1. The fourth-order valence-corrected chi connectivity index (χ4v) is 3.59. The van der Waals surface area contributed by atoms with Gasteiger partial charge in [-0.05, 0) is 77.9 Å². The lowest BCUT2D eigenvalue weighted by molar-refractivity contribution is -0.119. The van der Waals surface area contributed by atoms with Gasteiger partial charge in [0.2, 0.25) is 0 Å². The summed E-state index contributed by atoms with van der Waals surface area (Å²) in [4.78, 5) is 11.0. The molecule has 0 radical (unpaired) electrons. The second kappa shape index (κ2) is 9.28. The number of carbonyl (C=O) groups excluding carboxylic acids is 1. The molecule has 25 heavy (non-hydrogen) atoms. The van der Waals surface area contributed by atoms with Crippen molar-refractivity contribution in [2.75, 3.05) is 18.5 Å². The second-order valence-corrected chi connectivity index (χ2v) is 7.48. The lowest BCUT2D eigenvalue weighted by Crippen LogP contribution is -2.20. The van der Waals surface area contributed by atoms with Crippen LogP contribution < -0.4 is 20.5 Å². The van der Waals surface area contributed by atoms with Gasteiger partial charge in [-0.2, -0.15) is 0 Å². The number of hydrogen-bond acceptors (Lipinski definition) is 4. The highest BCUT2D eigenvalue weighted by atomic mass is 127. The molecule has 2 aromatic rings. The summed E-state index contributed by atoms with van der Waals surface area (Å²) < 4.78 is 13.1. The number of carbonyl (C=O) groups is 1. The normalized spacial score (nSPS) is 10.4. The minimum Gasteiger partial charge on any atom is -0.490 e. The Labute approximate surface area is 169 Å². The Hall–Kier alpha value is -1.48. The molecule has 0 saturated carbocycles. The van der Waals surface area contributed by atoms with E-state index < -0.39 is 5.91 Å². The van der Waals surface area contributed by atoms with Crippen molar-refractivity contribution in [1.82, 2.24) is 0 Å². The number of halogens is 2. The standard InChI is InChI=1S/C18H20BrIN2O3/c1-3-24-16-8-12(7-14(20)18(16)25-10-17(21)23)9-22-15-5-4-13(19)6-11(15)2/h4-8,22H,3,9-10H2,1-2H3,(H2,21,23). The Morgan fingerprint density at radius 3 is 2.68 bits per heavy atom. The quantitative estimate of drug-likeness (QED) is 0.513. The number of aryl methyl sites for hydroxylation is 1. The van der Waals surface area contributed by atoms with Crippen molar-refractivity contribution in [3.05, 3.63) is 49.5 Å². The predicted molar refractivity (Wildman–Crippen MR) is 111 cm³/mol. The first-order chi connectivity index (χ1) is 11.9. The number of hydrogen-bond donors (Lipinski definition) is 2. The number of anilines is 1. The summed E-state index contributed by atoms with van der Waals surface area (Å²) in [5.41, 5.74) is 8.45. The molecule has 1 amide bonds. The lowest BCUT2D eigenvalue weighted by Gasteiger charge is -2.16. The van der Waals surface area contributed by atoms with Crippen molar-refractivity contribution in [1.29, 1.82) is 0 Å². The van der Waals surface area contributed by atoms with Gasteiger partial charge in [-0.3, -0.25) is 4.79 Å². The third-order valence-corrected chi connectivity index (χ3v) is 4.69. The summed E-state index contributed by atoms with van der Waals surface area (Å²) in [7, 11) is 0. The zero-order valence-corrected chi connectivity index (χ0v) is 17.8. The van der Waals surface area contributed by atoms with Crippen LogP contribution in [0.25, 0.3) is 0 Å². The second-order valence-electron chi connectivity index (χ2n) is 5.41. The van der Waals surface area contributed by atoms with Crippen molar-refractivity contribution >= 4 is 50.1 Å². The fourth-order valence-electron chi connectivity index (χ4n) is 2.29. The van der Waals surface area contributed by atoms with E-state index in [0.29, 0.717) is 24.7 Å². The van der Waals surface area contributed by atoms with Crippen molar-refractivity contribution in [3.63, 3.8) is 0 Å². The van der Waals surface area contributed by atoms with Gasteiger partial charge >= 0.3 is 0 Å². The number of nitrogens with one attached hydrogen (secondary N) is 1. The summed E-state index contributed by atoms with van der Waals surface area (Å²) in [6.45, 7) is 4.94. The molecule has 0 unspecified atom stereocenters. The van der Waals surface area contributed by atoms with Crippen LogP contribution in [0, 0.1) is 10.5 Å². The molecule has 2 aromatic carbocycles. The van der Waals surface area contributed by atoms with Crippen LogP contribution in [0.4, 0.5) is 5.69 Å². The van der Waals surface area contributed by atoms with Crippen molar-refractivity contribution in [3.8, 4) is 11.5 Å². The van der Waals surface area contributed by atoms with Crippen molar-refractivity contribution < 1.29 is 14.3 Å². The van der Waals surface area contributed by atoms with Crippen LogP contribution in [0.5, 0.6) is 11.5 Å². The number of rotatable bonds is 8. The highest BCUT2D eigenvalue weighted by Crippen LogP contribution is 2.34. The molecule has 0 aliphatic carbocycles. The summed E-state index contributed by atoms with van der Waals surface area (Å²) >= 11 is 5.64. The van der Waals surface area contributed by atoms with Crippen LogP contribution >= 0.6 is 38.5 Å². The van der Waals surface area contributed by atoms with E-state index in [1.807, 2.05) is 31.2 Å². The molecular formula is C18H20BrIN2O3. The van der Waals surface area contributed by atoms with Gasteiger partial charge in [-0.15, -0.1) is 0 Å². The molecule has 0 heterocycles. The van der Waals surface area contributed by atoms with E-state index in [2.05, 4.69) is 56.8 Å². The van der Waals surface area contributed by atoms with Gasteiger partial charge in [0.1, 0.15) is 0 Å². The van der Waals surface area contributed by atoms with Crippen LogP contribution in [0.1, 0.15) is 18.1 Å². The van der Waals surface area contributed by atoms with E-state index >= 15 is 0 Å². The maximum Gasteiger partial charge on any atom is 0.255 e. The summed E-state index contributed by atoms with van der Waals surface area (Å²) in [6.07, 6.45) is 0. The van der Waals surface area contributed by atoms with Crippen LogP contribution in [0.2, 0.25) is 0 Å². The monoisotopic (exact) mass is 518 g/mol. The third kappa shape index (κ3) is 5.78. The van der Waals surface area contributed by atoms with E-state index in [-0.39, 0.29) is 6.61 Å². The maximum atomic E-state index is 11.0. The van der Waals surface area contributed by atoms with Crippen LogP contribution in [0.15, 0.2) is 34.8 Å². The zero-order valence-electron chi connectivity index (χ0n) is 14.1. The molecule has 0 aliphatic rings. The Morgan fingerprint density at radius 2 is 2.04 bits per heavy atom. The predicted octanol–water partition coefficient (Wildman–Crippen LogP) is 4.24. The summed E-state index contributed by atoms with van der Waals surface area (Å²) in [5.74, 6) is 0.638. The molecule has 0 saturated heterocycles. The summed E-state index contributed by atoms with van der Waals surface area (Å²) in [5, 5.41) is 3.43. The van der Waals surface area contributed by atoms with E-state index in [4.69, 9.17) is 15.2 Å². The number of amides is 1. The van der Waals surface area contributed by atoms with E-state index in [1.165, 1.54) is 0 Å². The Balaban J connectivity index is 2.19. The Kier molecular flexibility index (Phi) is 7.37. The van der Waals surface area contributed by atoms with Crippen LogP contribution in [0.3, 0.4) is 0 Å². The minimum atomic E-state index is -0.519. The van der Waals surface area contributed by atoms with E-state index in [1.54, 1.807) is 0 Å². The van der Waals surface area contributed by atoms with Gasteiger partial charge in [0.05, 0.1) is 10.2 Å². The van der Waals surface area contributed by atoms with E-state index in [0.717, 1.165) is 24.9 Å². The Morgan fingerprint density at radius 1 is 1.28 bits per heavy atom. The highest BCUT2D eigenvalue weighted by Gasteiger charge is 2.13. The van der Waals surface area contributed by atoms with Gasteiger partial charge in [-0.25, -0.2) is 0 Å². The number of benzene rings is 2. The molecule has 0 atom stereocenters. The maximum absolute atomic E-state index is 11.0. The summed E-state index contributed by atoms with van der Waals surface area (Å²) in [6, 6.07) is 10.0. The van der Waals surface area contributed by atoms with Gasteiger partial charge in [0.15, 0.2) is 18.1 Å². The average Bonchev–Trinajstić information content (AvgIpc) is 2.53. The molecule has 3 N–H and O–H groups in total. The lowest BCUT2D eigenvalue weighted by atomic mass is 10.1. The minimum absolute atomic E-state index is 0.175. The first kappa shape index (κ1) is 19.8. The molecule has 5 nitrogen and oxygen atoms in total. The first-order valence-corrected chi connectivity index (χ1v) is 9.64. The molecule has 7 heteroatoms. The molecular weight excluding hydrogens is 499 g/mol. The molecule has 0 aliphatic heterocycles. The Bertz CT molecular complexity index is 768. The third-order valence-electron chi connectivity index (χ3n) is 3.40. The average molecular weight is 519 g/mol. The van der Waals surface area contributed by atoms with Gasteiger partial charge in [0, 0.05) is 16.7 Å². The topological polar surface area (TPSA) is 73.6 Å². The van der Waals surface area contributed by atoms with Gasteiger partial charge in [-0.1, -0.05) is 15.9 Å². The molecule has 0 fully saturated rings. The van der Waals surface area contributed by atoms with Crippen molar-refractivity contribution in [2.45, 2.75) is 20.4 Å². The van der Waals surface area contributed by atoms with Crippen molar-refractivity contribution in [2.24, 2.45) is 5.73 Å².